The van der Waals surface area contributed by atoms with Crippen molar-refractivity contribution in [1.82, 2.24) is 4.98 Å². The van der Waals surface area contributed by atoms with Crippen molar-refractivity contribution < 1.29 is 24.9 Å². The average molecular weight is 419 g/mol. The Morgan fingerprint density at radius 3 is 2.45 bits per heavy atom. The van der Waals surface area contributed by atoms with Crippen LogP contribution in [0.1, 0.15) is 16.1 Å². The number of hydrogen-bond donors (Lipinski definition) is 5. The second-order valence-corrected chi connectivity index (χ2v) is 6.46. The summed E-state index contributed by atoms with van der Waals surface area (Å²) in [6.45, 7) is -0.129. The first kappa shape index (κ1) is 21.1. The number of carbonyl (C=O) groups excluding carboxylic acids is 2. The Hall–Kier alpha value is -4.60. The van der Waals surface area contributed by atoms with Crippen LogP contribution >= 0.6 is 0 Å². The number of pyridine rings is 1. The standard InChI is InChI=1S/C21H18N6O4/c22-19(23)13-2-1-12-8-17(25-9-14(12)7-13)20(29)27-16-5-3-15(4-6-16)24-10-18(21(30)31)26-11-28/h1-9,11,24H,10H2,(H3,22,23)(H,27,29)(H,30,31)/p+1. The van der Waals surface area contributed by atoms with Gasteiger partial charge in [0.15, 0.2) is 0 Å². The topological polar surface area (TPSA) is 172 Å². The summed E-state index contributed by atoms with van der Waals surface area (Å²) in [5, 5.41) is 21.7. The van der Waals surface area contributed by atoms with Crippen LogP contribution in [0.5, 0.6) is 0 Å². The summed E-state index contributed by atoms with van der Waals surface area (Å²) in [7, 11) is 0. The summed E-state index contributed by atoms with van der Waals surface area (Å²) in [5.41, 5.74) is 7.33. The van der Waals surface area contributed by atoms with Gasteiger partial charge in [0.25, 0.3) is 11.7 Å². The maximum absolute atomic E-state index is 12.5. The van der Waals surface area contributed by atoms with E-state index in [1.807, 2.05) is 6.07 Å². The molecule has 3 rings (SSSR count). The van der Waals surface area contributed by atoms with Gasteiger partial charge in [0, 0.05) is 23.0 Å². The minimum Gasteiger partial charge on any atom is -0.477 e. The second kappa shape index (κ2) is 9.27. The Kier molecular flexibility index (Phi) is 6.31. The number of nitrogens with one attached hydrogen (secondary N) is 2. The van der Waals surface area contributed by atoms with Gasteiger partial charge in [-0.05, 0) is 47.9 Å². The molecule has 31 heavy (non-hydrogen) atoms. The molecule has 10 nitrogen and oxygen atoms in total. The number of carboxylic acid groups (broad SMARTS) is 1. The highest BCUT2D eigenvalue weighted by atomic mass is 16.4. The van der Waals surface area contributed by atoms with Gasteiger partial charge in [-0.15, -0.1) is 0 Å². The van der Waals surface area contributed by atoms with E-state index >= 15 is 0 Å². The minimum absolute atomic E-state index is 0.129. The summed E-state index contributed by atoms with van der Waals surface area (Å²) in [6, 6.07) is 13.6. The fraction of sp³-hybridized carbons (Fsp3) is 0.0476. The number of fused-ring (bicyclic) bond motifs is 1. The van der Waals surface area contributed by atoms with Gasteiger partial charge < -0.3 is 15.7 Å². The first-order valence-corrected chi connectivity index (χ1v) is 9.04. The number of rotatable bonds is 8. The summed E-state index contributed by atoms with van der Waals surface area (Å²) in [4.78, 5) is 41.3. The van der Waals surface area contributed by atoms with Crippen LogP contribution in [0.2, 0.25) is 0 Å². The lowest BCUT2D eigenvalue weighted by Gasteiger charge is -2.09. The summed E-state index contributed by atoms with van der Waals surface area (Å²) in [5.74, 6) is -1.47. The monoisotopic (exact) mass is 419 g/mol. The predicted octanol–water partition coefficient (Wildman–Crippen LogP) is 0.0454. The maximum atomic E-state index is 12.5. The highest BCUT2D eigenvalue weighted by Crippen LogP contribution is 2.18. The van der Waals surface area contributed by atoms with Crippen LogP contribution in [0.15, 0.2) is 59.7 Å². The molecule has 0 radical (unpaired) electrons. The molecular weight excluding hydrogens is 400 g/mol. The number of nitrogens with zero attached hydrogens (tertiary/aromatic N) is 2. The van der Waals surface area contributed by atoms with Crippen LogP contribution in [0.25, 0.3) is 10.8 Å². The second-order valence-electron chi connectivity index (χ2n) is 6.46. The molecule has 3 aromatic rings. The first-order valence-electron chi connectivity index (χ1n) is 9.04. The molecule has 0 spiro atoms. The summed E-state index contributed by atoms with van der Waals surface area (Å²) < 4.78 is 0. The third-order valence-corrected chi connectivity index (χ3v) is 4.35. The zero-order valence-electron chi connectivity index (χ0n) is 16.2. The molecule has 1 heterocycles. The van der Waals surface area contributed by atoms with Crippen molar-refractivity contribution in [2.75, 3.05) is 17.2 Å². The molecule has 0 saturated heterocycles. The van der Waals surface area contributed by atoms with E-state index in [-0.39, 0.29) is 36.1 Å². The van der Waals surface area contributed by atoms with Gasteiger partial charge in [0.2, 0.25) is 6.41 Å². The number of amidine groups is 1. The molecule has 2 amide bonds. The van der Waals surface area contributed by atoms with Crippen molar-refractivity contribution in [3.63, 3.8) is 0 Å². The number of nitrogens with two attached hydrogens (primary N) is 2. The van der Waals surface area contributed by atoms with Gasteiger partial charge in [-0.1, -0.05) is 6.07 Å². The van der Waals surface area contributed by atoms with Gasteiger partial charge in [-0.3, -0.25) is 25.7 Å². The largest absolute Gasteiger partial charge is 0.477 e. The van der Waals surface area contributed by atoms with Crippen molar-refractivity contribution >= 4 is 52.0 Å². The Labute approximate surface area is 176 Å². The van der Waals surface area contributed by atoms with Gasteiger partial charge in [0.1, 0.15) is 11.4 Å². The molecule has 7 N–H and O–H groups in total. The Balaban J connectivity index is 1.67. The molecule has 2 aromatic carbocycles. The number of aliphatic imine (C=N–C) groups is 1. The molecule has 156 valence electrons. The molecule has 0 aliphatic rings. The molecule has 0 aliphatic carbocycles. The van der Waals surface area contributed by atoms with Crippen molar-refractivity contribution in [2.45, 2.75) is 0 Å². The smallest absolute Gasteiger partial charge is 0.352 e. The van der Waals surface area contributed by atoms with E-state index in [4.69, 9.17) is 16.2 Å². The normalized spacial score (nSPS) is 11.0. The Morgan fingerprint density at radius 1 is 1.10 bits per heavy atom. The lowest BCUT2D eigenvalue weighted by molar-refractivity contribution is -0.129. The minimum atomic E-state index is -1.28. The summed E-state index contributed by atoms with van der Waals surface area (Å²) in [6.07, 6.45) is 1.75. The van der Waals surface area contributed by atoms with Gasteiger partial charge >= 0.3 is 5.97 Å². The fourth-order valence-corrected chi connectivity index (χ4v) is 2.74. The SMILES string of the molecule is NC(=[NH2+])c1ccc2cc(C(=O)Nc3ccc(NCC(=NC=O)C(=O)O)cc3)ncc2c1. The lowest BCUT2D eigenvalue weighted by atomic mass is 10.1. The van der Waals surface area contributed by atoms with E-state index in [0.717, 1.165) is 10.8 Å². The van der Waals surface area contributed by atoms with Crippen LogP contribution in [-0.2, 0) is 9.59 Å². The maximum Gasteiger partial charge on any atom is 0.352 e. The van der Waals surface area contributed by atoms with Crippen LogP contribution in [-0.4, -0.2) is 46.5 Å². The zero-order valence-corrected chi connectivity index (χ0v) is 16.2. The average Bonchev–Trinajstić information content (AvgIpc) is 2.76. The third kappa shape index (κ3) is 5.26. The highest BCUT2D eigenvalue weighted by molar-refractivity contribution is 6.38. The highest BCUT2D eigenvalue weighted by Gasteiger charge is 2.11. The number of anilines is 2. The number of amides is 2. The predicted molar refractivity (Wildman–Crippen MR) is 116 cm³/mol. The Bertz CT molecular complexity index is 1200. The van der Waals surface area contributed by atoms with Crippen LogP contribution < -0.4 is 21.8 Å². The van der Waals surface area contributed by atoms with E-state index in [1.54, 1.807) is 48.7 Å². The van der Waals surface area contributed by atoms with E-state index in [1.165, 1.54) is 0 Å². The van der Waals surface area contributed by atoms with E-state index in [9.17, 15) is 14.4 Å². The third-order valence-electron chi connectivity index (χ3n) is 4.35. The number of benzene rings is 2. The fourth-order valence-electron chi connectivity index (χ4n) is 2.74. The molecule has 0 fully saturated rings. The lowest BCUT2D eigenvalue weighted by Crippen LogP contribution is -2.46. The molecule has 0 bridgehead atoms. The van der Waals surface area contributed by atoms with Crippen molar-refractivity contribution in [2.24, 2.45) is 10.7 Å². The quantitative estimate of drug-likeness (QED) is 0.195. The number of aliphatic carboxylic acids is 1. The molecule has 0 unspecified atom stereocenters. The van der Waals surface area contributed by atoms with Crippen LogP contribution in [0, 0.1) is 0 Å². The number of carboxylic acids is 1. The van der Waals surface area contributed by atoms with E-state index in [0.29, 0.717) is 16.9 Å². The molecule has 1 aromatic heterocycles. The molecule has 0 aliphatic heterocycles. The number of carbonyl (C=O) groups is 3. The zero-order chi connectivity index (χ0) is 22.4. The summed E-state index contributed by atoms with van der Waals surface area (Å²) >= 11 is 0. The van der Waals surface area contributed by atoms with Crippen LogP contribution in [0.4, 0.5) is 11.4 Å². The van der Waals surface area contributed by atoms with E-state index in [2.05, 4.69) is 20.6 Å². The Morgan fingerprint density at radius 2 is 1.81 bits per heavy atom. The molecule has 0 saturated carbocycles. The van der Waals surface area contributed by atoms with E-state index < -0.39 is 5.97 Å². The number of aromatic nitrogens is 1. The first-order chi connectivity index (χ1) is 14.9. The molecule has 0 atom stereocenters. The van der Waals surface area contributed by atoms with Crippen molar-refractivity contribution in [3.8, 4) is 0 Å². The van der Waals surface area contributed by atoms with Gasteiger partial charge in [0.05, 0.1) is 12.1 Å². The van der Waals surface area contributed by atoms with Gasteiger partial charge in [-0.25, -0.2) is 9.79 Å². The van der Waals surface area contributed by atoms with Crippen molar-refractivity contribution in [1.29, 1.82) is 0 Å². The van der Waals surface area contributed by atoms with Crippen molar-refractivity contribution in [3.05, 3.63) is 66.0 Å². The number of hydrogen-bond acceptors (Lipinski definition) is 5. The molecule has 10 heteroatoms. The van der Waals surface area contributed by atoms with Gasteiger partial charge in [-0.2, -0.15) is 0 Å². The van der Waals surface area contributed by atoms with Crippen LogP contribution in [0.3, 0.4) is 0 Å². The molecular formula is C21H19N6O4+.